The fourth-order valence-electron chi connectivity index (χ4n) is 4.39. The first kappa shape index (κ1) is 20.0. The first-order chi connectivity index (χ1) is 15.6. The number of hydrogen-bond donors (Lipinski definition) is 1. The number of hydrogen-bond acceptors (Lipinski definition) is 2. The fourth-order valence-corrected chi connectivity index (χ4v) is 4.39. The number of carbonyl (C=O) groups is 1. The van der Waals surface area contributed by atoms with Crippen LogP contribution < -0.4 is 5.32 Å². The molecule has 1 heterocycles. The second-order valence-corrected chi connectivity index (χ2v) is 8.23. The number of fused-ring (bicyclic) bond motifs is 2. The molecule has 0 saturated heterocycles. The first-order valence-electron chi connectivity index (χ1n) is 10.9. The molecule has 0 bridgehead atoms. The van der Waals surface area contributed by atoms with E-state index in [1.54, 1.807) is 0 Å². The van der Waals surface area contributed by atoms with Gasteiger partial charge in [0.05, 0.1) is 11.0 Å². The van der Waals surface area contributed by atoms with Crippen molar-refractivity contribution in [3.05, 3.63) is 107 Å². The molecular formula is C28H25N3O. The van der Waals surface area contributed by atoms with E-state index in [2.05, 4.69) is 47.8 Å². The minimum Gasteiger partial charge on any atom is -0.324 e. The second-order valence-electron chi connectivity index (χ2n) is 8.23. The van der Waals surface area contributed by atoms with Crippen molar-refractivity contribution in [1.82, 2.24) is 9.55 Å². The molecule has 0 aliphatic rings. The maximum absolute atomic E-state index is 13.1. The Morgan fingerprint density at radius 2 is 1.53 bits per heavy atom. The van der Waals surface area contributed by atoms with Gasteiger partial charge in [-0.05, 0) is 53.4 Å². The Morgan fingerprint density at radius 3 is 2.38 bits per heavy atom. The lowest BCUT2D eigenvalue weighted by Gasteiger charge is -2.14. The van der Waals surface area contributed by atoms with Crippen LogP contribution in [0.4, 0.5) is 5.69 Å². The summed E-state index contributed by atoms with van der Waals surface area (Å²) in [6.07, 6.45) is 0.659. The highest BCUT2D eigenvalue weighted by Crippen LogP contribution is 2.24. The smallest absolute Gasteiger partial charge is 0.244 e. The zero-order valence-corrected chi connectivity index (χ0v) is 18.3. The minimum atomic E-state index is -0.0512. The van der Waals surface area contributed by atoms with Crippen LogP contribution >= 0.6 is 0 Å². The van der Waals surface area contributed by atoms with E-state index >= 15 is 0 Å². The number of amides is 1. The molecule has 0 spiro atoms. The Hall–Kier alpha value is -3.92. The molecule has 4 heteroatoms. The van der Waals surface area contributed by atoms with Gasteiger partial charge in [0.2, 0.25) is 5.91 Å². The third-order valence-electron chi connectivity index (χ3n) is 6.01. The van der Waals surface area contributed by atoms with Crippen LogP contribution in [-0.2, 0) is 17.8 Å². The SMILES string of the molecule is Cc1cccc(C)c1NC(=O)Cn1c(Cc2cccc3ccccc23)nc2ccccc21. The molecule has 0 saturated carbocycles. The van der Waals surface area contributed by atoms with Crippen LogP contribution in [0.3, 0.4) is 0 Å². The molecule has 4 nitrogen and oxygen atoms in total. The lowest BCUT2D eigenvalue weighted by molar-refractivity contribution is -0.116. The van der Waals surface area contributed by atoms with Crippen LogP contribution in [0, 0.1) is 13.8 Å². The van der Waals surface area contributed by atoms with E-state index in [4.69, 9.17) is 4.98 Å². The average Bonchev–Trinajstić information content (AvgIpc) is 3.13. The summed E-state index contributed by atoms with van der Waals surface area (Å²) in [4.78, 5) is 18.0. The number of nitrogens with zero attached hydrogens (tertiary/aromatic N) is 2. The maximum Gasteiger partial charge on any atom is 0.244 e. The molecule has 0 aliphatic carbocycles. The van der Waals surface area contributed by atoms with Gasteiger partial charge >= 0.3 is 0 Å². The zero-order valence-electron chi connectivity index (χ0n) is 18.3. The lowest BCUT2D eigenvalue weighted by atomic mass is 10.0. The highest BCUT2D eigenvalue weighted by molar-refractivity contribution is 5.93. The standard InChI is InChI=1S/C28H25N3O/c1-19-9-7-10-20(2)28(19)30-27(32)18-31-25-16-6-5-15-24(25)29-26(31)17-22-13-8-12-21-11-3-4-14-23(21)22/h3-16H,17-18H2,1-2H3,(H,30,32). The normalized spacial score (nSPS) is 11.2. The van der Waals surface area contributed by atoms with E-state index in [-0.39, 0.29) is 12.5 Å². The first-order valence-corrected chi connectivity index (χ1v) is 10.9. The maximum atomic E-state index is 13.1. The quantitative estimate of drug-likeness (QED) is 0.378. The van der Waals surface area contributed by atoms with E-state index in [0.717, 1.165) is 33.7 Å². The van der Waals surface area contributed by atoms with Crippen molar-refractivity contribution >= 4 is 33.4 Å². The molecule has 5 aromatic rings. The van der Waals surface area contributed by atoms with Crippen LogP contribution in [0.2, 0.25) is 0 Å². The summed E-state index contributed by atoms with van der Waals surface area (Å²) in [6, 6.07) is 28.8. The van der Waals surface area contributed by atoms with E-state index < -0.39 is 0 Å². The molecule has 5 rings (SSSR count). The van der Waals surface area contributed by atoms with Crippen LogP contribution in [0.25, 0.3) is 21.8 Å². The second kappa shape index (κ2) is 8.31. The summed E-state index contributed by atoms with van der Waals surface area (Å²) >= 11 is 0. The monoisotopic (exact) mass is 419 g/mol. The summed E-state index contributed by atoms with van der Waals surface area (Å²) in [6.45, 7) is 4.25. The van der Waals surface area contributed by atoms with E-state index in [1.807, 2.05) is 60.9 Å². The summed E-state index contributed by atoms with van der Waals surface area (Å²) < 4.78 is 2.04. The van der Waals surface area contributed by atoms with Crippen molar-refractivity contribution in [3.63, 3.8) is 0 Å². The number of anilines is 1. The van der Waals surface area contributed by atoms with Crippen molar-refractivity contribution in [3.8, 4) is 0 Å². The molecule has 0 radical (unpaired) electrons. The van der Waals surface area contributed by atoms with Crippen molar-refractivity contribution in [2.75, 3.05) is 5.32 Å². The van der Waals surface area contributed by atoms with Crippen LogP contribution in [0.1, 0.15) is 22.5 Å². The largest absolute Gasteiger partial charge is 0.324 e. The van der Waals surface area contributed by atoms with E-state index in [0.29, 0.717) is 6.42 Å². The zero-order chi connectivity index (χ0) is 22.1. The number of nitrogens with one attached hydrogen (secondary N) is 1. The van der Waals surface area contributed by atoms with Crippen molar-refractivity contribution in [2.45, 2.75) is 26.8 Å². The molecule has 158 valence electrons. The number of imidazole rings is 1. The molecule has 4 aromatic carbocycles. The van der Waals surface area contributed by atoms with Gasteiger partial charge in [0.15, 0.2) is 0 Å². The number of rotatable bonds is 5. The Bertz CT molecular complexity index is 1420. The summed E-state index contributed by atoms with van der Waals surface area (Å²) in [5.74, 6) is 0.837. The number of carbonyl (C=O) groups excluding carboxylic acids is 1. The molecule has 1 aromatic heterocycles. The number of benzene rings is 4. The molecular weight excluding hydrogens is 394 g/mol. The predicted octanol–water partition coefficient (Wildman–Crippen LogP) is 6.04. The predicted molar refractivity (Wildman–Crippen MR) is 131 cm³/mol. The Balaban J connectivity index is 1.51. The minimum absolute atomic E-state index is 0.0512. The van der Waals surface area contributed by atoms with Crippen LogP contribution in [-0.4, -0.2) is 15.5 Å². The summed E-state index contributed by atoms with van der Waals surface area (Å²) in [5.41, 5.74) is 6.09. The van der Waals surface area contributed by atoms with Crippen molar-refractivity contribution in [1.29, 1.82) is 0 Å². The van der Waals surface area contributed by atoms with Gasteiger partial charge in [0.25, 0.3) is 0 Å². The van der Waals surface area contributed by atoms with Crippen molar-refractivity contribution in [2.24, 2.45) is 0 Å². The molecule has 0 fully saturated rings. The molecule has 32 heavy (non-hydrogen) atoms. The number of aromatic nitrogens is 2. The Morgan fingerprint density at radius 1 is 0.844 bits per heavy atom. The number of para-hydroxylation sites is 3. The van der Waals surface area contributed by atoms with Gasteiger partial charge in [-0.1, -0.05) is 72.8 Å². The van der Waals surface area contributed by atoms with Crippen molar-refractivity contribution < 1.29 is 4.79 Å². The molecule has 0 aliphatic heterocycles. The van der Waals surface area contributed by atoms with E-state index in [9.17, 15) is 4.79 Å². The van der Waals surface area contributed by atoms with Gasteiger partial charge in [0.1, 0.15) is 12.4 Å². The molecule has 1 amide bonds. The topological polar surface area (TPSA) is 46.9 Å². The third kappa shape index (κ3) is 3.76. The molecule has 0 atom stereocenters. The average molecular weight is 420 g/mol. The highest BCUT2D eigenvalue weighted by atomic mass is 16.1. The van der Waals surface area contributed by atoms with Gasteiger partial charge in [-0.25, -0.2) is 4.98 Å². The van der Waals surface area contributed by atoms with Crippen LogP contribution in [0.15, 0.2) is 84.9 Å². The molecule has 0 unspecified atom stereocenters. The summed E-state index contributed by atoms with van der Waals surface area (Å²) in [7, 11) is 0. The van der Waals surface area contributed by atoms with E-state index in [1.165, 1.54) is 16.3 Å². The van der Waals surface area contributed by atoms with Gasteiger partial charge in [-0.3, -0.25) is 4.79 Å². The molecule has 1 N–H and O–H groups in total. The van der Waals surface area contributed by atoms with Gasteiger partial charge < -0.3 is 9.88 Å². The summed E-state index contributed by atoms with van der Waals surface area (Å²) in [5, 5.41) is 5.54. The Labute approximate surface area is 187 Å². The van der Waals surface area contributed by atoms with Crippen LogP contribution in [0.5, 0.6) is 0 Å². The Kier molecular flexibility index (Phi) is 5.20. The van der Waals surface area contributed by atoms with Gasteiger partial charge in [-0.15, -0.1) is 0 Å². The fraction of sp³-hybridized carbons (Fsp3) is 0.143. The third-order valence-corrected chi connectivity index (χ3v) is 6.01. The van der Waals surface area contributed by atoms with Gasteiger partial charge in [-0.2, -0.15) is 0 Å². The highest BCUT2D eigenvalue weighted by Gasteiger charge is 2.16. The number of aryl methyl sites for hydroxylation is 2. The van der Waals surface area contributed by atoms with Gasteiger partial charge in [0, 0.05) is 12.1 Å². The lowest BCUT2D eigenvalue weighted by Crippen LogP contribution is -2.21.